The summed E-state index contributed by atoms with van der Waals surface area (Å²) in [5.41, 5.74) is 2.66. The van der Waals surface area contributed by atoms with Crippen molar-refractivity contribution in [2.45, 2.75) is 32.2 Å². The van der Waals surface area contributed by atoms with Crippen LogP contribution in [0.3, 0.4) is 0 Å². The molecule has 13 heavy (non-hydrogen) atoms. The van der Waals surface area contributed by atoms with Crippen LogP contribution in [0.15, 0.2) is 18.3 Å². The third-order valence-corrected chi connectivity index (χ3v) is 2.70. The molecule has 2 heterocycles. The van der Waals surface area contributed by atoms with E-state index in [-0.39, 0.29) is 0 Å². The van der Waals surface area contributed by atoms with E-state index in [1.54, 1.807) is 0 Å². The third-order valence-electron chi connectivity index (χ3n) is 2.70. The van der Waals surface area contributed by atoms with Gasteiger partial charge >= 0.3 is 0 Å². The molecule has 1 aliphatic heterocycles. The fourth-order valence-electron chi connectivity index (χ4n) is 1.98. The molecule has 2 heteroatoms. The van der Waals surface area contributed by atoms with E-state index in [0.29, 0.717) is 6.04 Å². The highest BCUT2D eigenvalue weighted by Gasteiger charge is 2.19. The number of pyridine rings is 1. The van der Waals surface area contributed by atoms with Gasteiger partial charge < -0.3 is 5.32 Å². The Labute approximate surface area is 79.4 Å². The van der Waals surface area contributed by atoms with Crippen molar-refractivity contribution in [1.82, 2.24) is 10.3 Å². The summed E-state index contributed by atoms with van der Waals surface area (Å²) in [4.78, 5) is 4.47. The monoisotopic (exact) mass is 176 g/mol. The van der Waals surface area contributed by atoms with Gasteiger partial charge in [0, 0.05) is 12.2 Å². The van der Waals surface area contributed by atoms with Crippen molar-refractivity contribution in [2.24, 2.45) is 0 Å². The Hall–Kier alpha value is -0.890. The maximum Gasteiger partial charge on any atom is 0.0604 e. The Balaban J connectivity index is 2.26. The molecule has 0 spiro atoms. The van der Waals surface area contributed by atoms with Gasteiger partial charge in [0.25, 0.3) is 0 Å². The van der Waals surface area contributed by atoms with Gasteiger partial charge in [-0.05, 0) is 37.4 Å². The predicted molar refractivity (Wildman–Crippen MR) is 53.6 cm³/mol. The Kier molecular flexibility index (Phi) is 2.60. The number of aryl methyl sites for hydroxylation is 1. The minimum Gasteiger partial charge on any atom is -0.309 e. The topological polar surface area (TPSA) is 24.9 Å². The summed E-state index contributed by atoms with van der Waals surface area (Å²) in [6.07, 6.45) is 5.50. The summed E-state index contributed by atoms with van der Waals surface area (Å²) in [5, 5.41) is 3.49. The molecule has 2 nitrogen and oxygen atoms in total. The smallest absolute Gasteiger partial charge is 0.0604 e. The predicted octanol–water partition coefficient (Wildman–Crippen LogP) is 2.07. The van der Waals surface area contributed by atoms with Gasteiger partial charge in [-0.2, -0.15) is 0 Å². The Morgan fingerprint density at radius 3 is 3.23 bits per heavy atom. The van der Waals surface area contributed by atoms with Crippen LogP contribution in [0, 0.1) is 0 Å². The van der Waals surface area contributed by atoms with E-state index in [1.165, 1.54) is 24.1 Å². The Morgan fingerprint density at radius 2 is 2.54 bits per heavy atom. The minimum absolute atomic E-state index is 0.510. The number of nitrogens with zero attached hydrogens (tertiary/aromatic N) is 1. The molecular formula is C11H16N2. The highest BCUT2D eigenvalue weighted by Crippen LogP contribution is 2.23. The van der Waals surface area contributed by atoms with Crippen molar-refractivity contribution in [3.05, 3.63) is 29.6 Å². The molecule has 1 aliphatic rings. The van der Waals surface area contributed by atoms with Gasteiger partial charge in [-0.25, -0.2) is 0 Å². The van der Waals surface area contributed by atoms with Crippen LogP contribution in [0.5, 0.6) is 0 Å². The molecular weight excluding hydrogens is 160 g/mol. The second-order valence-electron chi connectivity index (χ2n) is 3.55. The lowest BCUT2D eigenvalue weighted by molar-refractivity contribution is 0.620. The summed E-state index contributed by atoms with van der Waals surface area (Å²) >= 11 is 0. The second-order valence-corrected chi connectivity index (χ2v) is 3.55. The summed E-state index contributed by atoms with van der Waals surface area (Å²) in [7, 11) is 0. The largest absolute Gasteiger partial charge is 0.309 e. The number of rotatable bonds is 2. The van der Waals surface area contributed by atoms with Gasteiger partial charge in [-0.3, -0.25) is 4.98 Å². The van der Waals surface area contributed by atoms with Crippen LogP contribution in [0.4, 0.5) is 0 Å². The second kappa shape index (κ2) is 3.88. The molecule has 0 saturated carbocycles. The van der Waals surface area contributed by atoms with E-state index in [9.17, 15) is 0 Å². The van der Waals surface area contributed by atoms with Gasteiger partial charge in [0.1, 0.15) is 0 Å². The molecule has 0 aromatic carbocycles. The minimum atomic E-state index is 0.510. The van der Waals surface area contributed by atoms with E-state index in [4.69, 9.17) is 0 Å². The third kappa shape index (κ3) is 1.73. The lowest BCUT2D eigenvalue weighted by Crippen LogP contribution is -2.15. The van der Waals surface area contributed by atoms with E-state index in [2.05, 4.69) is 23.3 Å². The van der Waals surface area contributed by atoms with E-state index in [0.717, 1.165) is 13.0 Å². The molecule has 1 aromatic heterocycles. The van der Waals surface area contributed by atoms with Crippen molar-refractivity contribution in [3.8, 4) is 0 Å². The molecule has 0 amide bonds. The number of aromatic nitrogens is 1. The van der Waals surface area contributed by atoms with Crippen LogP contribution in [0.25, 0.3) is 0 Å². The van der Waals surface area contributed by atoms with Crippen LogP contribution in [0.2, 0.25) is 0 Å². The van der Waals surface area contributed by atoms with Crippen molar-refractivity contribution < 1.29 is 0 Å². The first-order valence-corrected chi connectivity index (χ1v) is 5.09. The highest BCUT2D eigenvalue weighted by molar-refractivity contribution is 5.23. The Bertz CT molecular complexity index is 277. The number of nitrogens with one attached hydrogen (secondary N) is 1. The van der Waals surface area contributed by atoms with Gasteiger partial charge in [0.15, 0.2) is 0 Å². The number of hydrogen-bond donors (Lipinski definition) is 1. The zero-order valence-corrected chi connectivity index (χ0v) is 8.09. The highest BCUT2D eigenvalue weighted by atomic mass is 15.0. The van der Waals surface area contributed by atoms with Gasteiger partial charge in [-0.15, -0.1) is 0 Å². The fourth-order valence-corrected chi connectivity index (χ4v) is 1.98. The molecule has 1 atom stereocenters. The van der Waals surface area contributed by atoms with Crippen molar-refractivity contribution in [2.75, 3.05) is 6.54 Å². The average molecular weight is 176 g/mol. The first kappa shape index (κ1) is 8.70. The molecule has 0 unspecified atom stereocenters. The summed E-state index contributed by atoms with van der Waals surface area (Å²) < 4.78 is 0. The molecule has 0 bridgehead atoms. The summed E-state index contributed by atoms with van der Waals surface area (Å²) in [6.45, 7) is 3.33. The fraction of sp³-hybridized carbons (Fsp3) is 0.545. The van der Waals surface area contributed by atoms with E-state index in [1.807, 2.05) is 12.3 Å². The van der Waals surface area contributed by atoms with Crippen molar-refractivity contribution >= 4 is 0 Å². The average Bonchev–Trinajstić information content (AvgIpc) is 2.70. The molecule has 70 valence electrons. The van der Waals surface area contributed by atoms with Crippen LogP contribution >= 0.6 is 0 Å². The molecule has 1 saturated heterocycles. The standard InChI is InChI=1S/C11H16N2/c1-2-9-5-3-8-13-11(9)10-6-4-7-12-10/h3,5,8,10,12H,2,4,6-7H2,1H3/t10-/m1/s1. The summed E-state index contributed by atoms with van der Waals surface area (Å²) in [5.74, 6) is 0. The van der Waals surface area contributed by atoms with Crippen LogP contribution in [-0.2, 0) is 6.42 Å². The van der Waals surface area contributed by atoms with Crippen LogP contribution in [0.1, 0.15) is 37.1 Å². The van der Waals surface area contributed by atoms with E-state index >= 15 is 0 Å². The molecule has 0 radical (unpaired) electrons. The Morgan fingerprint density at radius 1 is 1.62 bits per heavy atom. The zero-order chi connectivity index (χ0) is 9.10. The summed E-state index contributed by atoms with van der Waals surface area (Å²) in [6, 6.07) is 4.72. The maximum atomic E-state index is 4.47. The molecule has 2 rings (SSSR count). The van der Waals surface area contributed by atoms with Gasteiger partial charge in [-0.1, -0.05) is 13.0 Å². The normalized spacial score (nSPS) is 22.1. The number of hydrogen-bond acceptors (Lipinski definition) is 2. The SMILES string of the molecule is CCc1cccnc1[C@H]1CCCN1. The van der Waals surface area contributed by atoms with Crippen molar-refractivity contribution in [3.63, 3.8) is 0 Å². The quantitative estimate of drug-likeness (QED) is 0.746. The van der Waals surface area contributed by atoms with Gasteiger partial charge in [0.2, 0.25) is 0 Å². The van der Waals surface area contributed by atoms with Crippen LogP contribution < -0.4 is 5.32 Å². The maximum absolute atomic E-state index is 4.47. The molecule has 1 fully saturated rings. The van der Waals surface area contributed by atoms with Crippen LogP contribution in [-0.4, -0.2) is 11.5 Å². The molecule has 1 N–H and O–H groups in total. The first-order valence-electron chi connectivity index (χ1n) is 5.09. The first-order chi connectivity index (χ1) is 6.42. The lowest BCUT2D eigenvalue weighted by atomic mass is 10.0. The lowest BCUT2D eigenvalue weighted by Gasteiger charge is -2.12. The van der Waals surface area contributed by atoms with Gasteiger partial charge in [0.05, 0.1) is 5.69 Å². The van der Waals surface area contributed by atoms with E-state index < -0.39 is 0 Å². The van der Waals surface area contributed by atoms with Crippen molar-refractivity contribution in [1.29, 1.82) is 0 Å². The zero-order valence-electron chi connectivity index (χ0n) is 8.09. The molecule has 1 aromatic rings. The molecule has 0 aliphatic carbocycles.